The first-order valence-electron chi connectivity index (χ1n) is 10.5. The van der Waals surface area contributed by atoms with E-state index >= 15 is 0 Å². The lowest BCUT2D eigenvalue weighted by atomic mass is 9.95. The van der Waals surface area contributed by atoms with Crippen molar-refractivity contribution in [1.29, 1.82) is 0 Å². The molecule has 0 radical (unpaired) electrons. The molecule has 1 amide bonds. The standard InChI is InChI=1S/C26H22BrNO5/c1-16-19-13-23(31-14-17-6-4-3-5-7-17)22(30-2)12-18(19)10-11-28(16)26(29)24-20(27)8-9-21-25(24)33-15-32-21/h3-9,12-13H,1,10-11,14-15H2,2H3. The summed E-state index contributed by atoms with van der Waals surface area (Å²) in [4.78, 5) is 15.2. The van der Waals surface area contributed by atoms with E-state index in [-0.39, 0.29) is 12.7 Å². The Morgan fingerprint density at radius 1 is 1.12 bits per heavy atom. The van der Waals surface area contributed by atoms with E-state index in [1.165, 1.54) is 0 Å². The number of ether oxygens (including phenoxy) is 4. The van der Waals surface area contributed by atoms with Gasteiger partial charge < -0.3 is 23.8 Å². The monoisotopic (exact) mass is 507 g/mol. The summed E-state index contributed by atoms with van der Waals surface area (Å²) in [5, 5.41) is 0. The first-order valence-corrected chi connectivity index (χ1v) is 11.3. The molecule has 33 heavy (non-hydrogen) atoms. The molecule has 0 saturated carbocycles. The Morgan fingerprint density at radius 2 is 1.94 bits per heavy atom. The van der Waals surface area contributed by atoms with Crippen molar-refractivity contribution in [1.82, 2.24) is 4.90 Å². The zero-order valence-electron chi connectivity index (χ0n) is 18.1. The average Bonchev–Trinajstić information content (AvgIpc) is 3.31. The van der Waals surface area contributed by atoms with Crippen LogP contribution in [-0.4, -0.2) is 31.3 Å². The predicted octanol–water partition coefficient (Wildman–Crippen LogP) is 5.43. The summed E-state index contributed by atoms with van der Waals surface area (Å²) in [5.41, 5.74) is 4.02. The van der Waals surface area contributed by atoms with Crippen LogP contribution < -0.4 is 18.9 Å². The largest absolute Gasteiger partial charge is 0.493 e. The van der Waals surface area contributed by atoms with Crippen molar-refractivity contribution < 1.29 is 23.7 Å². The molecule has 6 nitrogen and oxygen atoms in total. The van der Waals surface area contributed by atoms with Crippen LogP contribution in [0.15, 0.2) is 65.6 Å². The molecule has 0 spiro atoms. The van der Waals surface area contributed by atoms with Gasteiger partial charge in [0.2, 0.25) is 6.79 Å². The van der Waals surface area contributed by atoms with E-state index in [1.54, 1.807) is 24.1 Å². The number of hydrogen-bond donors (Lipinski definition) is 0. The first kappa shape index (κ1) is 21.4. The predicted molar refractivity (Wildman–Crippen MR) is 128 cm³/mol. The van der Waals surface area contributed by atoms with Gasteiger partial charge in [0.15, 0.2) is 23.0 Å². The third-order valence-corrected chi connectivity index (χ3v) is 6.48. The highest BCUT2D eigenvalue weighted by atomic mass is 79.9. The number of methoxy groups -OCH3 is 1. The van der Waals surface area contributed by atoms with E-state index in [0.29, 0.717) is 58.3 Å². The van der Waals surface area contributed by atoms with Gasteiger partial charge in [0, 0.05) is 22.3 Å². The van der Waals surface area contributed by atoms with E-state index in [9.17, 15) is 4.79 Å². The lowest BCUT2D eigenvalue weighted by Crippen LogP contribution is -2.35. The van der Waals surface area contributed by atoms with E-state index in [4.69, 9.17) is 18.9 Å². The van der Waals surface area contributed by atoms with Gasteiger partial charge in [0.1, 0.15) is 12.2 Å². The van der Waals surface area contributed by atoms with Gasteiger partial charge in [0.25, 0.3) is 5.91 Å². The Morgan fingerprint density at radius 3 is 2.73 bits per heavy atom. The molecule has 7 heteroatoms. The van der Waals surface area contributed by atoms with Gasteiger partial charge in [-0.1, -0.05) is 36.9 Å². The fourth-order valence-corrected chi connectivity index (χ4v) is 4.59. The van der Waals surface area contributed by atoms with Gasteiger partial charge in [-0.15, -0.1) is 0 Å². The van der Waals surface area contributed by atoms with Crippen LogP contribution in [-0.2, 0) is 13.0 Å². The molecule has 5 rings (SSSR count). The summed E-state index contributed by atoms with van der Waals surface area (Å²) in [5.74, 6) is 2.09. The summed E-state index contributed by atoms with van der Waals surface area (Å²) in [7, 11) is 1.63. The molecule has 2 heterocycles. The summed E-state index contributed by atoms with van der Waals surface area (Å²) >= 11 is 3.49. The highest BCUT2D eigenvalue weighted by Gasteiger charge is 2.32. The minimum absolute atomic E-state index is 0.0950. The fourth-order valence-electron chi connectivity index (χ4n) is 4.10. The molecule has 0 N–H and O–H groups in total. The SMILES string of the molecule is C=C1c2cc(OCc3ccccc3)c(OC)cc2CCN1C(=O)c1c(Br)ccc2c1OCO2. The Bertz CT molecular complexity index is 1240. The summed E-state index contributed by atoms with van der Waals surface area (Å²) in [6.07, 6.45) is 0.666. The maximum atomic E-state index is 13.6. The zero-order valence-corrected chi connectivity index (χ0v) is 19.7. The Labute approximate surface area is 200 Å². The van der Waals surface area contributed by atoms with Gasteiger partial charge in [0.05, 0.1) is 7.11 Å². The number of halogens is 1. The second-order valence-electron chi connectivity index (χ2n) is 7.74. The quantitative estimate of drug-likeness (QED) is 0.460. The van der Waals surface area contributed by atoms with Crippen molar-refractivity contribution in [3.05, 3.63) is 87.9 Å². The molecule has 3 aromatic carbocycles. The second kappa shape index (κ2) is 8.83. The number of carbonyl (C=O) groups is 1. The normalized spacial score (nSPS) is 14.1. The third-order valence-electron chi connectivity index (χ3n) is 5.82. The van der Waals surface area contributed by atoms with Crippen LogP contribution in [0.25, 0.3) is 5.70 Å². The van der Waals surface area contributed by atoms with Crippen LogP contribution in [0.5, 0.6) is 23.0 Å². The lowest BCUT2D eigenvalue weighted by molar-refractivity contribution is 0.0827. The molecule has 0 aliphatic carbocycles. The second-order valence-corrected chi connectivity index (χ2v) is 8.60. The number of amides is 1. The smallest absolute Gasteiger partial charge is 0.263 e. The number of benzene rings is 3. The molecule has 0 atom stereocenters. The van der Waals surface area contributed by atoms with Crippen molar-refractivity contribution in [2.75, 3.05) is 20.4 Å². The molecular formula is C26H22BrNO5. The molecule has 0 bridgehead atoms. The molecule has 2 aliphatic rings. The van der Waals surface area contributed by atoms with Gasteiger partial charge in [-0.25, -0.2) is 0 Å². The first-order chi connectivity index (χ1) is 16.1. The maximum absolute atomic E-state index is 13.6. The maximum Gasteiger partial charge on any atom is 0.263 e. The molecule has 3 aromatic rings. The molecule has 0 aromatic heterocycles. The molecular weight excluding hydrogens is 486 g/mol. The van der Waals surface area contributed by atoms with Crippen molar-refractivity contribution in [3.8, 4) is 23.0 Å². The van der Waals surface area contributed by atoms with E-state index in [1.807, 2.05) is 42.5 Å². The highest BCUT2D eigenvalue weighted by Crippen LogP contribution is 2.43. The van der Waals surface area contributed by atoms with Crippen LogP contribution in [0.2, 0.25) is 0 Å². The van der Waals surface area contributed by atoms with Crippen LogP contribution in [0.3, 0.4) is 0 Å². The van der Waals surface area contributed by atoms with E-state index < -0.39 is 0 Å². The highest BCUT2D eigenvalue weighted by molar-refractivity contribution is 9.10. The Kier molecular flexibility index (Phi) is 5.72. The lowest BCUT2D eigenvalue weighted by Gasteiger charge is -2.32. The van der Waals surface area contributed by atoms with E-state index in [0.717, 1.165) is 16.7 Å². The van der Waals surface area contributed by atoms with Crippen molar-refractivity contribution in [2.45, 2.75) is 13.0 Å². The van der Waals surface area contributed by atoms with Crippen LogP contribution in [0, 0.1) is 0 Å². The molecule has 168 valence electrons. The number of hydrogen-bond acceptors (Lipinski definition) is 5. The fraction of sp³-hybridized carbons (Fsp3) is 0.192. The number of nitrogens with zero attached hydrogens (tertiary/aromatic N) is 1. The molecule has 0 fully saturated rings. The van der Waals surface area contributed by atoms with Crippen molar-refractivity contribution in [3.63, 3.8) is 0 Å². The van der Waals surface area contributed by atoms with Crippen LogP contribution in [0.1, 0.15) is 27.0 Å². The van der Waals surface area contributed by atoms with E-state index in [2.05, 4.69) is 22.5 Å². The van der Waals surface area contributed by atoms with Gasteiger partial charge >= 0.3 is 0 Å². The van der Waals surface area contributed by atoms with Crippen LogP contribution in [0.4, 0.5) is 0 Å². The number of fused-ring (bicyclic) bond motifs is 2. The number of rotatable bonds is 5. The van der Waals surface area contributed by atoms with Gasteiger partial charge in [-0.2, -0.15) is 0 Å². The van der Waals surface area contributed by atoms with Gasteiger partial charge in [-0.3, -0.25) is 4.79 Å². The third kappa shape index (κ3) is 3.93. The zero-order chi connectivity index (χ0) is 22.9. The molecule has 0 saturated heterocycles. The topological polar surface area (TPSA) is 57.2 Å². The van der Waals surface area contributed by atoms with Crippen molar-refractivity contribution >= 4 is 27.5 Å². The van der Waals surface area contributed by atoms with Crippen LogP contribution >= 0.6 is 15.9 Å². The minimum atomic E-state index is -0.192. The summed E-state index contributed by atoms with van der Waals surface area (Å²) in [6.45, 7) is 5.24. The summed E-state index contributed by atoms with van der Waals surface area (Å²) < 4.78 is 23.3. The Balaban J connectivity index is 1.45. The number of carbonyl (C=O) groups excluding carboxylic acids is 1. The van der Waals surface area contributed by atoms with Gasteiger partial charge in [-0.05, 0) is 57.7 Å². The summed E-state index contributed by atoms with van der Waals surface area (Å²) in [6, 6.07) is 17.4. The van der Waals surface area contributed by atoms with Crippen molar-refractivity contribution in [2.24, 2.45) is 0 Å². The molecule has 0 unspecified atom stereocenters. The average molecular weight is 508 g/mol. The minimum Gasteiger partial charge on any atom is -0.493 e. The Hall–Kier alpha value is -3.45. The molecule has 2 aliphatic heterocycles.